The Hall–Kier alpha value is 0.390. The van der Waals surface area contributed by atoms with Crippen LogP contribution in [0.3, 0.4) is 0 Å². The van der Waals surface area contributed by atoms with Crippen molar-refractivity contribution in [1.82, 2.24) is 4.31 Å². The second-order valence-electron chi connectivity index (χ2n) is 3.53. The highest BCUT2D eigenvalue weighted by atomic mass is 79.9. The van der Waals surface area contributed by atoms with E-state index in [0.29, 0.717) is 12.5 Å². The molecule has 0 aromatic carbocycles. The minimum Gasteiger partial charge on any atom is -0.211 e. The van der Waals surface area contributed by atoms with Gasteiger partial charge in [0, 0.05) is 12.6 Å². The van der Waals surface area contributed by atoms with Gasteiger partial charge in [-0.05, 0) is 19.3 Å². The van der Waals surface area contributed by atoms with Crippen LogP contribution >= 0.6 is 15.9 Å². The van der Waals surface area contributed by atoms with Crippen molar-refractivity contribution in [2.24, 2.45) is 5.92 Å². The molecule has 0 radical (unpaired) electrons. The fourth-order valence-electron chi connectivity index (χ4n) is 1.97. The minimum atomic E-state index is -3.04. The first-order chi connectivity index (χ1) is 6.03. The molecule has 1 aliphatic rings. The van der Waals surface area contributed by atoms with Crippen molar-refractivity contribution in [3.05, 3.63) is 0 Å². The first kappa shape index (κ1) is 11.5. The van der Waals surface area contributed by atoms with Crippen LogP contribution in [0.15, 0.2) is 0 Å². The van der Waals surface area contributed by atoms with Crippen molar-refractivity contribution < 1.29 is 8.42 Å². The van der Waals surface area contributed by atoms with E-state index in [2.05, 4.69) is 22.9 Å². The van der Waals surface area contributed by atoms with Crippen molar-refractivity contribution in [2.75, 3.05) is 11.2 Å². The fourth-order valence-corrected chi connectivity index (χ4v) is 3.95. The molecule has 0 aliphatic carbocycles. The molecule has 2 unspecified atom stereocenters. The second kappa shape index (κ2) is 4.28. The number of rotatable bonds is 3. The molecular weight excluding hydrogens is 254 g/mol. The van der Waals surface area contributed by atoms with Crippen LogP contribution in [-0.4, -0.2) is 30.0 Å². The van der Waals surface area contributed by atoms with E-state index in [0.717, 1.165) is 12.8 Å². The SMILES string of the molecule is CCC1CCN(S(=O)(=O)CBr)C1C. The van der Waals surface area contributed by atoms with Crippen LogP contribution in [0, 0.1) is 5.92 Å². The molecule has 13 heavy (non-hydrogen) atoms. The van der Waals surface area contributed by atoms with Gasteiger partial charge in [0.2, 0.25) is 10.0 Å². The highest BCUT2D eigenvalue weighted by Crippen LogP contribution is 2.29. The third-order valence-electron chi connectivity index (χ3n) is 2.88. The number of hydrogen-bond acceptors (Lipinski definition) is 2. The zero-order chi connectivity index (χ0) is 10.1. The van der Waals surface area contributed by atoms with E-state index in [1.807, 2.05) is 6.92 Å². The molecule has 0 aromatic rings. The van der Waals surface area contributed by atoms with Crippen LogP contribution in [0.5, 0.6) is 0 Å². The fraction of sp³-hybridized carbons (Fsp3) is 1.00. The summed E-state index contributed by atoms with van der Waals surface area (Å²) in [5, 5.41) is 0. The highest BCUT2D eigenvalue weighted by Gasteiger charge is 2.36. The summed E-state index contributed by atoms with van der Waals surface area (Å²) in [6, 6.07) is 0.174. The molecule has 0 N–H and O–H groups in total. The zero-order valence-electron chi connectivity index (χ0n) is 8.03. The molecule has 0 spiro atoms. The van der Waals surface area contributed by atoms with Crippen LogP contribution in [-0.2, 0) is 10.0 Å². The summed E-state index contributed by atoms with van der Waals surface area (Å²) in [6.45, 7) is 4.81. The van der Waals surface area contributed by atoms with Crippen molar-refractivity contribution >= 4 is 26.0 Å². The van der Waals surface area contributed by atoms with Gasteiger partial charge in [-0.1, -0.05) is 29.3 Å². The summed E-state index contributed by atoms with van der Waals surface area (Å²) in [7, 11) is -3.04. The van der Waals surface area contributed by atoms with Crippen molar-refractivity contribution in [3.8, 4) is 0 Å². The molecule has 0 bridgehead atoms. The quantitative estimate of drug-likeness (QED) is 0.733. The number of hydrogen-bond donors (Lipinski definition) is 0. The topological polar surface area (TPSA) is 37.4 Å². The Morgan fingerprint density at radius 2 is 2.15 bits per heavy atom. The Bertz CT molecular complexity index is 265. The third-order valence-corrected chi connectivity index (χ3v) is 6.12. The largest absolute Gasteiger partial charge is 0.224 e. The molecule has 0 aromatic heterocycles. The normalized spacial score (nSPS) is 31.0. The molecule has 5 heteroatoms. The number of nitrogens with zero attached hydrogens (tertiary/aromatic N) is 1. The van der Waals surface area contributed by atoms with Crippen LogP contribution < -0.4 is 0 Å². The van der Waals surface area contributed by atoms with Gasteiger partial charge in [-0.25, -0.2) is 8.42 Å². The first-order valence-electron chi connectivity index (χ1n) is 4.58. The Morgan fingerprint density at radius 3 is 2.54 bits per heavy atom. The van der Waals surface area contributed by atoms with Gasteiger partial charge in [0.15, 0.2) is 0 Å². The molecule has 1 rings (SSSR count). The first-order valence-corrected chi connectivity index (χ1v) is 7.31. The molecule has 3 nitrogen and oxygen atoms in total. The average Bonchev–Trinajstić information content (AvgIpc) is 2.47. The lowest BCUT2D eigenvalue weighted by molar-refractivity contribution is 0.355. The molecular formula is C8H16BrNO2S. The van der Waals surface area contributed by atoms with Crippen molar-refractivity contribution in [1.29, 1.82) is 0 Å². The molecule has 1 saturated heterocycles. The molecule has 1 aliphatic heterocycles. The maximum atomic E-state index is 11.6. The monoisotopic (exact) mass is 269 g/mol. The minimum absolute atomic E-state index is 0.0424. The summed E-state index contributed by atoms with van der Waals surface area (Å²) in [5.74, 6) is 0.536. The van der Waals surface area contributed by atoms with E-state index in [9.17, 15) is 8.42 Å². The predicted octanol–water partition coefficient (Wildman–Crippen LogP) is 1.79. The van der Waals surface area contributed by atoms with E-state index in [1.54, 1.807) is 4.31 Å². The standard InChI is InChI=1S/C8H16BrNO2S/c1-3-8-4-5-10(7(8)2)13(11,12)6-9/h7-8H,3-6H2,1-2H3. The maximum Gasteiger partial charge on any atom is 0.224 e. The average molecular weight is 270 g/mol. The molecule has 0 saturated carbocycles. The summed E-state index contributed by atoms with van der Waals surface area (Å²) < 4.78 is 24.8. The van der Waals surface area contributed by atoms with Crippen LogP contribution in [0.4, 0.5) is 0 Å². The summed E-state index contributed by atoms with van der Waals surface area (Å²) in [5.41, 5.74) is 0. The van der Waals surface area contributed by atoms with Crippen molar-refractivity contribution in [3.63, 3.8) is 0 Å². The van der Waals surface area contributed by atoms with Gasteiger partial charge < -0.3 is 0 Å². The number of halogens is 1. The number of sulfonamides is 1. The van der Waals surface area contributed by atoms with Gasteiger partial charge in [0.1, 0.15) is 4.66 Å². The number of alkyl halides is 1. The van der Waals surface area contributed by atoms with E-state index >= 15 is 0 Å². The van der Waals surface area contributed by atoms with Crippen molar-refractivity contribution in [2.45, 2.75) is 32.7 Å². The molecule has 2 atom stereocenters. The van der Waals surface area contributed by atoms with Crippen LogP contribution in [0.25, 0.3) is 0 Å². The lowest BCUT2D eigenvalue weighted by atomic mass is 10.00. The summed E-state index contributed by atoms with van der Waals surface area (Å²) >= 11 is 3.02. The van der Waals surface area contributed by atoms with E-state index in [1.165, 1.54) is 0 Å². The Labute approximate surface area is 88.7 Å². The van der Waals surface area contributed by atoms with E-state index < -0.39 is 10.0 Å². The summed E-state index contributed by atoms with van der Waals surface area (Å²) in [4.78, 5) is 0. The molecule has 1 heterocycles. The van der Waals surface area contributed by atoms with Crippen LogP contribution in [0.2, 0.25) is 0 Å². The van der Waals surface area contributed by atoms with Gasteiger partial charge in [-0.3, -0.25) is 0 Å². The zero-order valence-corrected chi connectivity index (χ0v) is 10.4. The lowest BCUT2D eigenvalue weighted by Crippen LogP contribution is -2.36. The Morgan fingerprint density at radius 1 is 1.54 bits per heavy atom. The second-order valence-corrected chi connectivity index (χ2v) is 6.75. The van der Waals surface area contributed by atoms with Gasteiger partial charge in [-0.2, -0.15) is 4.31 Å². The highest BCUT2D eigenvalue weighted by molar-refractivity contribution is 9.10. The van der Waals surface area contributed by atoms with Gasteiger partial charge in [0.05, 0.1) is 0 Å². The lowest BCUT2D eigenvalue weighted by Gasteiger charge is -2.22. The molecule has 1 fully saturated rings. The third kappa shape index (κ3) is 2.25. The molecule has 78 valence electrons. The Kier molecular flexibility index (Phi) is 3.77. The van der Waals surface area contributed by atoms with Crippen LogP contribution in [0.1, 0.15) is 26.7 Å². The maximum absolute atomic E-state index is 11.6. The summed E-state index contributed by atoms with van der Waals surface area (Å²) in [6.07, 6.45) is 2.07. The van der Waals surface area contributed by atoms with E-state index in [-0.39, 0.29) is 10.7 Å². The van der Waals surface area contributed by atoms with Gasteiger partial charge in [0.25, 0.3) is 0 Å². The van der Waals surface area contributed by atoms with Gasteiger partial charge >= 0.3 is 0 Å². The predicted molar refractivity (Wildman–Crippen MR) is 57.3 cm³/mol. The molecule has 0 amide bonds. The van der Waals surface area contributed by atoms with Gasteiger partial charge in [-0.15, -0.1) is 0 Å². The van der Waals surface area contributed by atoms with E-state index in [4.69, 9.17) is 0 Å². The Balaban J connectivity index is 2.76. The smallest absolute Gasteiger partial charge is 0.211 e.